The molecule has 14 heavy (non-hydrogen) atoms. The van der Waals surface area contributed by atoms with E-state index in [9.17, 15) is 9.90 Å². The zero-order valence-corrected chi connectivity index (χ0v) is 8.71. The molecule has 1 aliphatic carbocycles. The maximum absolute atomic E-state index is 11.3. The van der Waals surface area contributed by atoms with Gasteiger partial charge < -0.3 is 9.84 Å². The van der Waals surface area contributed by atoms with Crippen LogP contribution in [0.1, 0.15) is 23.0 Å². The molecule has 0 amide bonds. The first kappa shape index (κ1) is 9.68. The fourth-order valence-corrected chi connectivity index (χ4v) is 2.88. The van der Waals surface area contributed by atoms with Crippen LogP contribution in [0.15, 0.2) is 11.4 Å². The molecule has 0 aliphatic heterocycles. The number of fused-ring (bicyclic) bond motifs is 1. The molecule has 0 saturated heterocycles. The second-order valence-corrected chi connectivity index (χ2v) is 4.48. The van der Waals surface area contributed by atoms with Crippen molar-refractivity contribution in [2.45, 2.75) is 18.9 Å². The highest BCUT2D eigenvalue weighted by Crippen LogP contribution is 2.36. The van der Waals surface area contributed by atoms with Crippen LogP contribution in [-0.2, 0) is 16.0 Å². The molecule has 0 radical (unpaired) electrons. The number of esters is 1. The molecule has 4 heteroatoms. The third-order valence-corrected chi connectivity index (χ3v) is 3.57. The van der Waals surface area contributed by atoms with Crippen LogP contribution in [0, 0.1) is 5.92 Å². The third kappa shape index (κ3) is 1.55. The number of hydrogen-bond acceptors (Lipinski definition) is 4. The van der Waals surface area contributed by atoms with Crippen molar-refractivity contribution in [2.24, 2.45) is 5.92 Å². The lowest BCUT2D eigenvalue weighted by atomic mass is 9.87. The first-order valence-electron chi connectivity index (χ1n) is 4.54. The molecule has 1 aromatic heterocycles. The quantitative estimate of drug-likeness (QED) is 0.718. The largest absolute Gasteiger partial charge is 0.469 e. The van der Waals surface area contributed by atoms with E-state index in [2.05, 4.69) is 4.74 Å². The minimum atomic E-state index is -0.505. The summed E-state index contributed by atoms with van der Waals surface area (Å²) >= 11 is 1.59. The van der Waals surface area contributed by atoms with Crippen molar-refractivity contribution >= 4 is 17.3 Å². The third-order valence-electron chi connectivity index (χ3n) is 2.61. The van der Waals surface area contributed by atoms with Gasteiger partial charge in [-0.05, 0) is 29.9 Å². The number of rotatable bonds is 1. The van der Waals surface area contributed by atoms with Crippen molar-refractivity contribution in [3.8, 4) is 0 Å². The van der Waals surface area contributed by atoms with Crippen LogP contribution in [0.2, 0.25) is 0 Å². The molecule has 1 aliphatic rings. The first-order chi connectivity index (χ1) is 6.72. The lowest BCUT2D eigenvalue weighted by Crippen LogP contribution is -2.25. The fraction of sp³-hybridized carbons (Fsp3) is 0.500. The molecule has 1 aromatic rings. The summed E-state index contributed by atoms with van der Waals surface area (Å²) in [6, 6.07) is 1.93. The number of aliphatic hydroxyl groups excluding tert-OH is 1. The Morgan fingerprint density at radius 2 is 2.50 bits per heavy atom. The monoisotopic (exact) mass is 212 g/mol. The zero-order valence-electron chi connectivity index (χ0n) is 7.90. The molecule has 0 aromatic carbocycles. The Morgan fingerprint density at radius 3 is 3.21 bits per heavy atom. The minimum absolute atomic E-state index is 0.179. The van der Waals surface area contributed by atoms with Gasteiger partial charge in [-0.3, -0.25) is 4.79 Å². The van der Waals surface area contributed by atoms with E-state index >= 15 is 0 Å². The summed E-state index contributed by atoms with van der Waals surface area (Å²) in [6.45, 7) is 0. The van der Waals surface area contributed by atoms with E-state index in [4.69, 9.17) is 0 Å². The molecule has 2 unspecified atom stereocenters. The standard InChI is InChI=1S/C10H12O3S/c1-13-10(12)6-4-8(11)7-2-3-14-9(7)5-6/h2-3,6,8,11H,4-5H2,1H3. The summed E-state index contributed by atoms with van der Waals surface area (Å²) in [5.74, 6) is -0.399. The summed E-state index contributed by atoms with van der Waals surface area (Å²) in [5, 5.41) is 11.7. The Labute approximate surface area is 86.3 Å². The normalized spacial score (nSPS) is 25.6. The van der Waals surface area contributed by atoms with Crippen molar-refractivity contribution in [3.05, 3.63) is 21.9 Å². The molecule has 2 rings (SSSR count). The van der Waals surface area contributed by atoms with Crippen LogP contribution in [0.4, 0.5) is 0 Å². The second-order valence-electron chi connectivity index (χ2n) is 3.47. The molecular weight excluding hydrogens is 200 g/mol. The molecule has 1 heterocycles. The zero-order chi connectivity index (χ0) is 10.1. The number of carbonyl (C=O) groups excluding carboxylic acids is 1. The van der Waals surface area contributed by atoms with Gasteiger partial charge >= 0.3 is 5.97 Å². The molecule has 0 fully saturated rings. The van der Waals surface area contributed by atoms with E-state index in [0.29, 0.717) is 12.8 Å². The van der Waals surface area contributed by atoms with Gasteiger partial charge in [0.15, 0.2) is 0 Å². The summed E-state index contributed by atoms with van der Waals surface area (Å²) in [7, 11) is 1.39. The van der Waals surface area contributed by atoms with Crippen molar-refractivity contribution in [3.63, 3.8) is 0 Å². The summed E-state index contributed by atoms with van der Waals surface area (Å²) in [4.78, 5) is 12.4. The number of thiophene rings is 1. The maximum atomic E-state index is 11.3. The highest BCUT2D eigenvalue weighted by atomic mass is 32.1. The molecule has 2 atom stereocenters. The van der Waals surface area contributed by atoms with E-state index in [0.717, 1.165) is 10.4 Å². The van der Waals surface area contributed by atoms with Gasteiger partial charge in [0.25, 0.3) is 0 Å². The number of hydrogen-bond donors (Lipinski definition) is 1. The fourth-order valence-electron chi connectivity index (χ4n) is 1.86. The van der Waals surface area contributed by atoms with Crippen LogP contribution >= 0.6 is 11.3 Å². The van der Waals surface area contributed by atoms with Gasteiger partial charge in [0.1, 0.15) is 0 Å². The van der Waals surface area contributed by atoms with E-state index in [-0.39, 0.29) is 11.9 Å². The summed E-state index contributed by atoms with van der Waals surface area (Å²) in [6.07, 6.45) is 0.682. The number of methoxy groups -OCH3 is 1. The molecule has 0 saturated carbocycles. The number of carbonyl (C=O) groups is 1. The molecule has 0 bridgehead atoms. The molecule has 1 N–H and O–H groups in total. The smallest absolute Gasteiger partial charge is 0.309 e. The van der Waals surface area contributed by atoms with Gasteiger partial charge in [0, 0.05) is 4.88 Å². The number of ether oxygens (including phenoxy) is 1. The van der Waals surface area contributed by atoms with Crippen LogP contribution in [0.5, 0.6) is 0 Å². The van der Waals surface area contributed by atoms with Gasteiger partial charge in [-0.15, -0.1) is 11.3 Å². The molecule has 0 spiro atoms. The Balaban J connectivity index is 2.21. The van der Waals surface area contributed by atoms with E-state index in [1.807, 2.05) is 11.4 Å². The van der Waals surface area contributed by atoms with Crippen molar-refractivity contribution in [1.82, 2.24) is 0 Å². The van der Waals surface area contributed by atoms with Crippen molar-refractivity contribution in [1.29, 1.82) is 0 Å². The predicted octanol–water partition coefficient (Wildman–Crippen LogP) is 1.52. The van der Waals surface area contributed by atoms with Gasteiger partial charge in [-0.2, -0.15) is 0 Å². The van der Waals surface area contributed by atoms with E-state index in [1.54, 1.807) is 11.3 Å². The Hall–Kier alpha value is -0.870. The van der Waals surface area contributed by atoms with Crippen LogP contribution in [0.25, 0.3) is 0 Å². The van der Waals surface area contributed by atoms with Gasteiger partial charge in [-0.1, -0.05) is 0 Å². The lowest BCUT2D eigenvalue weighted by Gasteiger charge is -2.24. The van der Waals surface area contributed by atoms with Crippen LogP contribution < -0.4 is 0 Å². The summed E-state index contributed by atoms with van der Waals surface area (Å²) in [5.41, 5.74) is 0.982. The first-order valence-corrected chi connectivity index (χ1v) is 5.42. The van der Waals surface area contributed by atoms with Crippen LogP contribution in [0.3, 0.4) is 0 Å². The lowest BCUT2D eigenvalue weighted by molar-refractivity contribution is -0.146. The van der Waals surface area contributed by atoms with Crippen molar-refractivity contribution < 1.29 is 14.6 Å². The molecular formula is C10H12O3S. The Morgan fingerprint density at radius 1 is 1.71 bits per heavy atom. The van der Waals surface area contributed by atoms with Gasteiger partial charge in [0.2, 0.25) is 0 Å². The van der Waals surface area contributed by atoms with E-state index in [1.165, 1.54) is 7.11 Å². The maximum Gasteiger partial charge on any atom is 0.309 e. The van der Waals surface area contributed by atoms with Crippen molar-refractivity contribution in [2.75, 3.05) is 7.11 Å². The Kier molecular flexibility index (Phi) is 2.56. The van der Waals surface area contributed by atoms with Gasteiger partial charge in [-0.25, -0.2) is 0 Å². The summed E-state index contributed by atoms with van der Waals surface area (Å²) < 4.78 is 4.68. The average molecular weight is 212 g/mol. The highest BCUT2D eigenvalue weighted by Gasteiger charge is 2.31. The van der Waals surface area contributed by atoms with Gasteiger partial charge in [0.05, 0.1) is 19.1 Å². The molecule has 76 valence electrons. The van der Waals surface area contributed by atoms with E-state index < -0.39 is 6.10 Å². The molecule has 3 nitrogen and oxygen atoms in total. The van der Waals surface area contributed by atoms with Crippen LogP contribution in [-0.4, -0.2) is 18.2 Å². The second kappa shape index (κ2) is 3.71. The number of aliphatic hydroxyl groups is 1. The average Bonchev–Trinajstić information content (AvgIpc) is 2.64. The SMILES string of the molecule is COC(=O)C1Cc2sccc2C(O)C1. The highest BCUT2D eigenvalue weighted by molar-refractivity contribution is 7.10. The predicted molar refractivity (Wildman–Crippen MR) is 53.1 cm³/mol. The Bertz CT molecular complexity index is 345. The topological polar surface area (TPSA) is 46.5 Å². The minimum Gasteiger partial charge on any atom is -0.469 e.